The maximum absolute atomic E-state index is 12.8. The Labute approximate surface area is 212 Å². The Morgan fingerprint density at radius 2 is 1.59 bits per heavy atom. The molecule has 0 atom stereocenters. The van der Waals surface area contributed by atoms with E-state index < -0.39 is 0 Å². The summed E-state index contributed by atoms with van der Waals surface area (Å²) in [4.78, 5) is 48.5. The third-order valence-electron chi connectivity index (χ3n) is 6.01. The number of amides is 4. The Bertz CT molecular complexity index is 1060. The molecule has 2 saturated heterocycles. The first kappa shape index (κ1) is 24.6. The minimum absolute atomic E-state index is 0.0114. The Balaban J connectivity index is 1.24. The highest BCUT2D eigenvalue weighted by molar-refractivity contribution is 7.13. The third-order valence-corrected chi connectivity index (χ3v) is 7.56. The number of nitrogens with one attached hydrogen (secondary N) is 1. The van der Waals surface area contributed by atoms with E-state index in [0.29, 0.717) is 73.2 Å². The summed E-state index contributed by atoms with van der Waals surface area (Å²) in [5, 5.41) is 6.10. The van der Waals surface area contributed by atoms with Crippen LogP contribution in [-0.2, 0) is 16.0 Å². The number of hydrogen-bond acceptors (Lipinski definition) is 6. The van der Waals surface area contributed by atoms with Crippen LogP contribution < -0.4 is 10.2 Å². The minimum atomic E-state index is -0.242. The van der Waals surface area contributed by atoms with Crippen molar-refractivity contribution in [3.05, 3.63) is 39.3 Å². The summed E-state index contributed by atoms with van der Waals surface area (Å²) in [6.07, 6.45) is 0.191. The highest BCUT2D eigenvalue weighted by Crippen LogP contribution is 2.28. The Hall–Kier alpha value is -2.56. The molecule has 0 unspecified atom stereocenters. The van der Waals surface area contributed by atoms with Crippen molar-refractivity contribution in [2.75, 3.05) is 62.6 Å². The molecule has 34 heavy (non-hydrogen) atoms. The van der Waals surface area contributed by atoms with Crippen molar-refractivity contribution in [1.29, 1.82) is 0 Å². The molecule has 0 spiro atoms. The van der Waals surface area contributed by atoms with E-state index in [1.807, 2.05) is 17.0 Å². The number of carbonyl (C=O) groups is 3. The topological polar surface area (TPSA) is 89.1 Å². The van der Waals surface area contributed by atoms with Crippen molar-refractivity contribution in [3.63, 3.8) is 0 Å². The lowest BCUT2D eigenvalue weighted by molar-refractivity contribution is -0.131. The Morgan fingerprint density at radius 1 is 0.941 bits per heavy atom. The van der Waals surface area contributed by atoms with Gasteiger partial charge in [0.15, 0.2) is 5.13 Å². The molecule has 1 aromatic carbocycles. The van der Waals surface area contributed by atoms with Gasteiger partial charge in [-0.2, -0.15) is 0 Å². The van der Waals surface area contributed by atoms with Gasteiger partial charge in [-0.05, 0) is 18.2 Å². The molecule has 2 aliphatic heterocycles. The maximum atomic E-state index is 12.8. The van der Waals surface area contributed by atoms with Crippen molar-refractivity contribution in [2.45, 2.75) is 13.3 Å². The van der Waals surface area contributed by atoms with Crippen LogP contribution in [0.3, 0.4) is 0 Å². The second-order valence-corrected chi connectivity index (χ2v) is 9.88. The zero-order chi connectivity index (χ0) is 24.2. The van der Waals surface area contributed by atoms with Gasteiger partial charge in [0.05, 0.1) is 22.2 Å². The molecule has 9 nitrogen and oxygen atoms in total. The average Bonchev–Trinajstić information content (AvgIpc) is 3.27. The van der Waals surface area contributed by atoms with Gasteiger partial charge in [-0.15, -0.1) is 11.3 Å². The molecule has 4 amide bonds. The fourth-order valence-corrected chi connectivity index (χ4v) is 5.00. The number of benzene rings is 1. The molecule has 1 aromatic heterocycles. The van der Waals surface area contributed by atoms with Crippen LogP contribution in [0.4, 0.5) is 15.6 Å². The lowest BCUT2D eigenvalue weighted by Crippen LogP contribution is -2.51. The van der Waals surface area contributed by atoms with E-state index in [-0.39, 0.29) is 24.3 Å². The normalized spacial score (nSPS) is 16.6. The standard InChI is InChI=1S/C22H26Cl2N6O3S/c1-15(31)27-4-10-30(11-5-27)22(33)26-21-25-16(14-34-21)12-20(32)29-8-6-28(7-9-29)17-2-3-18(23)19(24)13-17/h2-3,13-14H,4-12H2,1H3,(H,25,26,33). The van der Waals surface area contributed by atoms with Gasteiger partial charge in [0, 0.05) is 70.3 Å². The van der Waals surface area contributed by atoms with Gasteiger partial charge in [0.1, 0.15) is 0 Å². The zero-order valence-corrected chi connectivity index (χ0v) is 21.1. The van der Waals surface area contributed by atoms with Gasteiger partial charge < -0.3 is 19.6 Å². The summed E-state index contributed by atoms with van der Waals surface area (Å²) in [5.74, 6) is 0.0300. The Morgan fingerprint density at radius 3 is 2.24 bits per heavy atom. The molecule has 0 bridgehead atoms. The summed E-state index contributed by atoms with van der Waals surface area (Å²) in [6, 6.07) is 5.31. The SMILES string of the molecule is CC(=O)N1CCN(C(=O)Nc2nc(CC(=O)N3CCN(c4ccc(Cl)c(Cl)c4)CC3)cs2)CC1. The van der Waals surface area contributed by atoms with Crippen LogP contribution in [0.15, 0.2) is 23.6 Å². The number of rotatable bonds is 4. The minimum Gasteiger partial charge on any atom is -0.368 e. The summed E-state index contributed by atoms with van der Waals surface area (Å²) >= 11 is 13.4. The quantitative estimate of drug-likeness (QED) is 0.663. The predicted molar refractivity (Wildman–Crippen MR) is 134 cm³/mol. The van der Waals surface area contributed by atoms with Crippen molar-refractivity contribution in [1.82, 2.24) is 19.7 Å². The highest BCUT2D eigenvalue weighted by Gasteiger charge is 2.24. The number of halogens is 2. The second kappa shape index (κ2) is 10.8. The molecule has 182 valence electrons. The number of urea groups is 1. The number of aromatic nitrogens is 1. The maximum Gasteiger partial charge on any atom is 0.323 e. The average molecular weight is 525 g/mol. The lowest BCUT2D eigenvalue weighted by atomic mass is 10.2. The molecule has 2 aliphatic rings. The second-order valence-electron chi connectivity index (χ2n) is 8.21. The van der Waals surface area contributed by atoms with Crippen LogP contribution in [0.2, 0.25) is 10.0 Å². The van der Waals surface area contributed by atoms with Crippen LogP contribution in [0.1, 0.15) is 12.6 Å². The lowest BCUT2D eigenvalue weighted by Gasteiger charge is -2.36. The molecule has 12 heteroatoms. The van der Waals surface area contributed by atoms with Gasteiger partial charge in [0.25, 0.3) is 0 Å². The fourth-order valence-electron chi connectivity index (χ4n) is 4.00. The van der Waals surface area contributed by atoms with Crippen molar-refractivity contribution >= 4 is 63.2 Å². The first-order valence-corrected chi connectivity index (χ1v) is 12.7. The fraction of sp³-hybridized carbons (Fsp3) is 0.455. The smallest absolute Gasteiger partial charge is 0.323 e. The number of piperazine rings is 2. The number of carbonyl (C=O) groups excluding carboxylic acids is 3. The van der Waals surface area contributed by atoms with Crippen LogP contribution in [0.25, 0.3) is 0 Å². The van der Waals surface area contributed by atoms with Gasteiger partial charge >= 0.3 is 6.03 Å². The molecule has 0 saturated carbocycles. The van der Waals surface area contributed by atoms with Crippen molar-refractivity contribution in [2.24, 2.45) is 0 Å². The van der Waals surface area contributed by atoms with E-state index in [9.17, 15) is 14.4 Å². The summed E-state index contributed by atoms with van der Waals surface area (Å²) in [6.45, 7) is 6.18. The summed E-state index contributed by atoms with van der Waals surface area (Å²) in [7, 11) is 0. The number of anilines is 2. The summed E-state index contributed by atoms with van der Waals surface area (Å²) in [5.41, 5.74) is 1.63. The zero-order valence-electron chi connectivity index (χ0n) is 18.8. The van der Waals surface area contributed by atoms with Crippen LogP contribution in [0, 0.1) is 0 Å². The first-order chi connectivity index (χ1) is 16.3. The van der Waals surface area contributed by atoms with Gasteiger partial charge in [0.2, 0.25) is 11.8 Å². The van der Waals surface area contributed by atoms with Crippen LogP contribution in [-0.4, -0.2) is 89.9 Å². The molecule has 2 aromatic rings. The molecule has 4 rings (SSSR count). The van der Waals surface area contributed by atoms with E-state index in [1.54, 1.807) is 21.2 Å². The predicted octanol–water partition coefficient (Wildman–Crippen LogP) is 3.04. The van der Waals surface area contributed by atoms with Crippen LogP contribution >= 0.6 is 34.5 Å². The van der Waals surface area contributed by atoms with E-state index in [2.05, 4.69) is 15.2 Å². The molecular formula is C22H26Cl2N6O3S. The highest BCUT2D eigenvalue weighted by atomic mass is 35.5. The van der Waals surface area contributed by atoms with Crippen molar-refractivity contribution < 1.29 is 14.4 Å². The number of thiazole rings is 1. The van der Waals surface area contributed by atoms with Gasteiger partial charge in [-0.3, -0.25) is 14.9 Å². The number of hydrogen-bond donors (Lipinski definition) is 1. The Kier molecular flexibility index (Phi) is 7.80. The van der Waals surface area contributed by atoms with E-state index in [1.165, 1.54) is 18.3 Å². The molecule has 2 fully saturated rings. The van der Waals surface area contributed by atoms with Gasteiger partial charge in [-0.1, -0.05) is 23.2 Å². The monoisotopic (exact) mass is 524 g/mol. The van der Waals surface area contributed by atoms with E-state index in [0.717, 1.165) is 5.69 Å². The molecular weight excluding hydrogens is 499 g/mol. The molecule has 0 radical (unpaired) electrons. The third kappa shape index (κ3) is 5.92. The van der Waals surface area contributed by atoms with Gasteiger partial charge in [-0.25, -0.2) is 9.78 Å². The largest absolute Gasteiger partial charge is 0.368 e. The molecule has 1 N–H and O–H groups in total. The summed E-state index contributed by atoms with van der Waals surface area (Å²) < 4.78 is 0. The van der Waals surface area contributed by atoms with E-state index >= 15 is 0 Å². The van der Waals surface area contributed by atoms with Crippen LogP contribution in [0.5, 0.6) is 0 Å². The molecule has 0 aliphatic carbocycles. The van der Waals surface area contributed by atoms with E-state index in [4.69, 9.17) is 23.2 Å². The first-order valence-electron chi connectivity index (χ1n) is 11.0. The van der Waals surface area contributed by atoms with Crippen molar-refractivity contribution in [3.8, 4) is 0 Å². The number of nitrogens with zero attached hydrogens (tertiary/aromatic N) is 5. The molecule has 3 heterocycles.